The van der Waals surface area contributed by atoms with Crippen LogP contribution >= 0.6 is 0 Å². The molecule has 0 radical (unpaired) electrons. The molecular weight excluding hydrogens is 300 g/mol. The molecule has 0 N–H and O–H groups in total. The van der Waals surface area contributed by atoms with Gasteiger partial charge in [0.1, 0.15) is 11.5 Å². The smallest absolute Gasteiger partial charge is 0.123 e. The average molecular weight is 332 g/mol. The summed E-state index contributed by atoms with van der Waals surface area (Å²) in [6.07, 6.45) is 5.62. The van der Waals surface area contributed by atoms with E-state index in [9.17, 15) is 0 Å². The van der Waals surface area contributed by atoms with Crippen molar-refractivity contribution in [1.82, 2.24) is 9.80 Å². The number of nitrogens with zero attached hydrogens (tertiary/aromatic N) is 2. The predicted octanol–water partition coefficient (Wildman–Crippen LogP) is 3.40. The summed E-state index contributed by atoms with van der Waals surface area (Å²) in [4.78, 5) is 5.27. The van der Waals surface area contributed by atoms with Gasteiger partial charge in [-0.1, -0.05) is 19.8 Å². The second-order valence-electron chi connectivity index (χ2n) is 7.42. The first kappa shape index (κ1) is 17.6. The molecule has 0 amide bonds. The molecule has 2 fully saturated rings. The number of methoxy groups -OCH3 is 2. The highest BCUT2D eigenvalue weighted by atomic mass is 16.5. The number of rotatable bonds is 5. The summed E-state index contributed by atoms with van der Waals surface area (Å²) >= 11 is 0. The maximum Gasteiger partial charge on any atom is 0.123 e. The number of hydrogen-bond acceptors (Lipinski definition) is 4. The topological polar surface area (TPSA) is 24.9 Å². The van der Waals surface area contributed by atoms with Gasteiger partial charge in [0.15, 0.2) is 0 Å². The fourth-order valence-corrected chi connectivity index (χ4v) is 4.27. The summed E-state index contributed by atoms with van der Waals surface area (Å²) in [6, 6.07) is 6.90. The zero-order valence-electron chi connectivity index (χ0n) is 15.5. The minimum Gasteiger partial charge on any atom is -0.497 e. The first-order chi connectivity index (χ1) is 11.7. The molecule has 4 nitrogen and oxygen atoms in total. The molecule has 2 atom stereocenters. The van der Waals surface area contributed by atoms with E-state index in [4.69, 9.17) is 9.47 Å². The van der Waals surface area contributed by atoms with Gasteiger partial charge in [0.25, 0.3) is 0 Å². The van der Waals surface area contributed by atoms with Gasteiger partial charge in [-0.3, -0.25) is 9.80 Å². The molecule has 4 heteroatoms. The number of hydrogen-bond donors (Lipinski definition) is 0. The quantitative estimate of drug-likeness (QED) is 0.825. The second-order valence-corrected chi connectivity index (χ2v) is 7.42. The van der Waals surface area contributed by atoms with Gasteiger partial charge in [0, 0.05) is 44.3 Å². The van der Waals surface area contributed by atoms with Crippen LogP contribution in [-0.4, -0.2) is 56.2 Å². The van der Waals surface area contributed by atoms with Gasteiger partial charge in [-0.25, -0.2) is 0 Å². The van der Waals surface area contributed by atoms with E-state index < -0.39 is 0 Å². The summed E-state index contributed by atoms with van der Waals surface area (Å²) in [5.74, 6) is 2.77. The van der Waals surface area contributed by atoms with Crippen molar-refractivity contribution < 1.29 is 9.47 Å². The van der Waals surface area contributed by atoms with Crippen LogP contribution in [0.2, 0.25) is 0 Å². The lowest BCUT2D eigenvalue weighted by atomic mass is 9.86. The van der Waals surface area contributed by atoms with E-state index in [0.29, 0.717) is 0 Å². The van der Waals surface area contributed by atoms with Crippen molar-refractivity contribution in [3.05, 3.63) is 23.8 Å². The van der Waals surface area contributed by atoms with Crippen molar-refractivity contribution >= 4 is 0 Å². The van der Waals surface area contributed by atoms with E-state index in [1.807, 2.05) is 12.1 Å². The van der Waals surface area contributed by atoms with Gasteiger partial charge in [-0.15, -0.1) is 0 Å². The van der Waals surface area contributed by atoms with Gasteiger partial charge in [0.2, 0.25) is 0 Å². The van der Waals surface area contributed by atoms with Gasteiger partial charge >= 0.3 is 0 Å². The fourth-order valence-electron chi connectivity index (χ4n) is 4.27. The maximum absolute atomic E-state index is 5.52. The zero-order chi connectivity index (χ0) is 16.9. The second kappa shape index (κ2) is 8.21. The van der Waals surface area contributed by atoms with Gasteiger partial charge in [-0.2, -0.15) is 0 Å². The first-order valence-corrected chi connectivity index (χ1v) is 9.37. The van der Waals surface area contributed by atoms with Crippen molar-refractivity contribution in [3.8, 4) is 11.5 Å². The largest absolute Gasteiger partial charge is 0.497 e. The molecule has 1 aliphatic heterocycles. The van der Waals surface area contributed by atoms with Crippen LogP contribution < -0.4 is 9.47 Å². The summed E-state index contributed by atoms with van der Waals surface area (Å²) in [5, 5.41) is 0. The summed E-state index contributed by atoms with van der Waals surface area (Å²) in [7, 11) is 3.46. The van der Waals surface area contributed by atoms with Crippen molar-refractivity contribution in [3.63, 3.8) is 0 Å². The number of piperazine rings is 1. The maximum atomic E-state index is 5.52. The van der Waals surface area contributed by atoms with Crippen molar-refractivity contribution in [2.45, 2.75) is 45.2 Å². The number of benzene rings is 1. The molecule has 1 aliphatic carbocycles. The molecule has 1 aromatic carbocycles. The molecule has 1 heterocycles. The molecule has 0 unspecified atom stereocenters. The first-order valence-electron chi connectivity index (χ1n) is 9.37. The summed E-state index contributed by atoms with van der Waals surface area (Å²) < 4.78 is 10.9. The Hall–Kier alpha value is -1.26. The molecule has 1 saturated heterocycles. The molecule has 134 valence electrons. The Morgan fingerprint density at radius 1 is 1.04 bits per heavy atom. The summed E-state index contributed by atoms with van der Waals surface area (Å²) in [6.45, 7) is 8.04. The monoisotopic (exact) mass is 332 g/mol. The third kappa shape index (κ3) is 4.22. The third-order valence-corrected chi connectivity index (χ3v) is 5.71. The highest BCUT2D eigenvalue weighted by molar-refractivity contribution is 5.40. The van der Waals surface area contributed by atoms with E-state index >= 15 is 0 Å². The summed E-state index contributed by atoms with van der Waals surface area (Å²) in [5.41, 5.74) is 1.22. The van der Waals surface area contributed by atoms with Crippen LogP contribution in [0, 0.1) is 5.92 Å². The standard InChI is InChI=1S/C20H32N2O2/c1-16-5-4-6-18(13-16)22-11-9-21(10-12-22)15-17-14-19(23-2)7-8-20(17)24-3/h7-8,14,16,18H,4-6,9-13,15H2,1-3H3/t16-,18-/m0/s1. The van der Waals surface area contributed by atoms with Crippen LogP contribution in [0.4, 0.5) is 0 Å². The van der Waals surface area contributed by atoms with Crippen molar-refractivity contribution in [1.29, 1.82) is 0 Å². The van der Waals surface area contributed by atoms with Gasteiger partial charge < -0.3 is 9.47 Å². The Morgan fingerprint density at radius 2 is 1.83 bits per heavy atom. The van der Waals surface area contributed by atoms with E-state index in [1.165, 1.54) is 44.3 Å². The highest BCUT2D eigenvalue weighted by Gasteiger charge is 2.27. The normalized spacial score (nSPS) is 26.3. The molecule has 2 aliphatic rings. The van der Waals surface area contributed by atoms with E-state index in [-0.39, 0.29) is 0 Å². The minimum atomic E-state index is 0.822. The average Bonchev–Trinajstić information content (AvgIpc) is 2.62. The van der Waals surface area contributed by atoms with Crippen LogP contribution in [0.1, 0.15) is 38.2 Å². The van der Waals surface area contributed by atoms with Gasteiger partial charge in [0.05, 0.1) is 14.2 Å². The van der Waals surface area contributed by atoms with Crippen LogP contribution in [0.3, 0.4) is 0 Å². The Kier molecular flexibility index (Phi) is 6.01. The lowest BCUT2D eigenvalue weighted by molar-refractivity contribution is 0.0656. The predicted molar refractivity (Wildman–Crippen MR) is 97.8 cm³/mol. The highest BCUT2D eigenvalue weighted by Crippen LogP contribution is 2.29. The van der Waals surface area contributed by atoms with E-state index in [1.54, 1.807) is 14.2 Å². The third-order valence-electron chi connectivity index (χ3n) is 5.71. The Bertz CT molecular complexity index is 526. The molecule has 0 bridgehead atoms. The van der Waals surface area contributed by atoms with Crippen LogP contribution in [0.15, 0.2) is 18.2 Å². The van der Waals surface area contributed by atoms with Crippen molar-refractivity contribution in [2.75, 3.05) is 40.4 Å². The SMILES string of the molecule is COc1ccc(OC)c(CN2CCN([C@H]3CCC[C@H](C)C3)CC2)c1. The van der Waals surface area contributed by atoms with E-state index in [2.05, 4.69) is 22.8 Å². The van der Waals surface area contributed by atoms with Crippen LogP contribution in [-0.2, 0) is 6.54 Å². The Morgan fingerprint density at radius 3 is 2.50 bits per heavy atom. The lowest BCUT2D eigenvalue weighted by Gasteiger charge is -2.42. The van der Waals surface area contributed by atoms with Crippen molar-refractivity contribution in [2.24, 2.45) is 5.92 Å². The van der Waals surface area contributed by atoms with Crippen LogP contribution in [0.5, 0.6) is 11.5 Å². The van der Waals surface area contributed by atoms with Crippen LogP contribution in [0.25, 0.3) is 0 Å². The number of ether oxygens (including phenoxy) is 2. The molecular formula is C20H32N2O2. The van der Waals surface area contributed by atoms with Gasteiger partial charge in [-0.05, 0) is 37.0 Å². The Labute approximate surface area is 146 Å². The fraction of sp³-hybridized carbons (Fsp3) is 0.700. The molecule has 1 saturated carbocycles. The zero-order valence-corrected chi connectivity index (χ0v) is 15.5. The Balaban J connectivity index is 1.55. The van der Waals surface area contributed by atoms with E-state index in [0.717, 1.165) is 43.1 Å². The minimum absolute atomic E-state index is 0.822. The molecule has 3 rings (SSSR count). The molecule has 24 heavy (non-hydrogen) atoms. The molecule has 0 aromatic heterocycles. The molecule has 1 aromatic rings. The lowest BCUT2D eigenvalue weighted by Crippen LogP contribution is -2.50. The molecule has 0 spiro atoms.